The van der Waals surface area contributed by atoms with Crippen LogP contribution in [0.25, 0.3) is 0 Å². The Morgan fingerprint density at radius 2 is 2.00 bits per heavy atom. The van der Waals surface area contributed by atoms with Gasteiger partial charge in [-0.2, -0.15) is 0 Å². The third-order valence-electron chi connectivity index (χ3n) is 1.72. The van der Waals surface area contributed by atoms with Crippen molar-refractivity contribution in [3.8, 4) is 0 Å². The molecule has 0 aromatic carbocycles. The van der Waals surface area contributed by atoms with E-state index in [4.69, 9.17) is 5.11 Å². The van der Waals surface area contributed by atoms with Crippen LogP contribution in [-0.2, 0) is 9.84 Å². The van der Waals surface area contributed by atoms with Crippen molar-refractivity contribution in [3.63, 3.8) is 0 Å². The minimum atomic E-state index is -3.43. The maximum absolute atomic E-state index is 12.0. The van der Waals surface area contributed by atoms with Crippen LogP contribution < -0.4 is 0 Å². The van der Waals surface area contributed by atoms with Crippen molar-refractivity contribution in [2.24, 2.45) is 0 Å². The zero-order valence-corrected chi connectivity index (χ0v) is 6.44. The molecule has 3 nitrogen and oxygen atoms in total. The molecule has 11 heavy (non-hydrogen) atoms. The molecule has 0 aromatic rings. The van der Waals surface area contributed by atoms with Crippen LogP contribution >= 0.6 is 0 Å². The molecule has 0 aromatic heterocycles. The lowest BCUT2D eigenvalue weighted by Gasteiger charge is -2.18. The molecule has 0 radical (unpaired) electrons. The number of hydrogen-bond acceptors (Lipinski definition) is 3. The van der Waals surface area contributed by atoms with E-state index in [9.17, 15) is 17.2 Å². The van der Waals surface area contributed by atoms with Crippen LogP contribution in [0.4, 0.5) is 8.78 Å². The second-order valence-electron chi connectivity index (χ2n) is 2.75. The first-order valence-corrected chi connectivity index (χ1v) is 4.89. The first kappa shape index (κ1) is 8.86. The summed E-state index contributed by atoms with van der Waals surface area (Å²) in [5, 5.41) is 8.97. The summed E-state index contributed by atoms with van der Waals surface area (Å²) in [5.41, 5.74) is -2.29. The zero-order valence-electron chi connectivity index (χ0n) is 5.63. The number of sulfone groups is 1. The van der Waals surface area contributed by atoms with Crippen molar-refractivity contribution >= 4 is 9.84 Å². The van der Waals surface area contributed by atoms with E-state index in [2.05, 4.69) is 0 Å². The Hall–Kier alpha value is -0.230. The molecule has 66 valence electrons. The van der Waals surface area contributed by atoms with Crippen molar-refractivity contribution in [2.45, 2.75) is 18.4 Å². The maximum atomic E-state index is 12.0. The first-order valence-electron chi connectivity index (χ1n) is 3.07. The summed E-state index contributed by atoms with van der Waals surface area (Å²) in [6.45, 7) is 0. The fraction of sp³-hybridized carbons (Fsp3) is 1.00. The van der Waals surface area contributed by atoms with Gasteiger partial charge < -0.3 is 5.11 Å². The molecular formula is C5H8F2O3S. The van der Waals surface area contributed by atoms with Gasteiger partial charge in [-0.15, -0.1) is 0 Å². The van der Waals surface area contributed by atoms with Gasteiger partial charge in [-0.1, -0.05) is 0 Å². The van der Waals surface area contributed by atoms with E-state index < -0.39 is 27.6 Å². The third-order valence-corrected chi connectivity index (χ3v) is 3.49. The lowest BCUT2D eigenvalue weighted by molar-refractivity contribution is -0.0770. The highest BCUT2D eigenvalue weighted by atomic mass is 32.2. The van der Waals surface area contributed by atoms with E-state index in [1.165, 1.54) is 0 Å². The van der Waals surface area contributed by atoms with Gasteiger partial charge >= 0.3 is 0 Å². The molecule has 0 amide bonds. The normalized spacial score (nSPS) is 36.4. The van der Waals surface area contributed by atoms with Crippen molar-refractivity contribution in [3.05, 3.63) is 0 Å². The molecule has 0 saturated carbocycles. The highest BCUT2D eigenvalue weighted by Crippen LogP contribution is 2.28. The molecular weight excluding hydrogens is 178 g/mol. The average molecular weight is 186 g/mol. The van der Waals surface area contributed by atoms with Gasteiger partial charge in [0.2, 0.25) is 0 Å². The number of rotatable bonds is 1. The minimum Gasteiger partial charge on any atom is -0.383 e. The van der Waals surface area contributed by atoms with Gasteiger partial charge in [-0.3, -0.25) is 0 Å². The van der Waals surface area contributed by atoms with Crippen LogP contribution in [0.5, 0.6) is 0 Å². The predicted molar refractivity (Wildman–Crippen MR) is 34.2 cm³/mol. The van der Waals surface area contributed by atoms with E-state index in [1.807, 2.05) is 0 Å². The molecule has 6 heteroatoms. The largest absolute Gasteiger partial charge is 0.383 e. The summed E-state index contributed by atoms with van der Waals surface area (Å²) >= 11 is 0. The number of aliphatic hydroxyl groups is 1. The Balaban J connectivity index is 2.82. The molecule has 1 unspecified atom stereocenters. The quantitative estimate of drug-likeness (QED) is 0.617. The van der Waals surface area contributed by atoms with Crippen LogP contribution in [0.2, 0.25) is 0 Å². The van der Waals surface area contributed by atoms with Crippen molar-refractivity contribution in [1.82, 2.24) is 0 Å². The van der Waals surface area contributed by atoms with Gasteiger partial charge in [-0.05, 0) is 6.42 Å². The van der Waals surface area contributed by atoms with Crippen LogP contribution in [0, 0.1) is 0 Å². The summed E-state index contributed by atoms with van der Waals surface area (Å²) in [7, 11) is -3.43. The Morgan fingerprint density at radius 1 is 1.45 bits per heavy atom. The van der Waals surface area contributed by atoms with E-state index in [1.54, 1.807) is 0 Å². The summed E-state index contributed by atoms with van der Waals surface area (Å²) < 4.78 is 45.2. The fourth-order valence-corrected chi connectivity index (χ4v) is 2.87. The molecule has 0 spiro atoms. The lowest BCUT2D eigenvalue weighted by Crippen LogP contribution is -2.38. The van der Waals surface area contributed by atoms with Crippen molar-refractivity contribution < 1.29 is 22.3 Å². The van der Waals surface area contributed by atoms with Crippen molar-refractivity contribution in [1.29, 1.82) is 0 Å². The molecule has 1 fully saturated rings. The number of halogens is 2. The topological polar surface area (TPSA) is 54.4 Å². The minimum absolute atomic E-state index is 0.339. The van der Waals surface area contributed by atoms with Crippen molar-refractivity contribution in [2.75, 3.05) is 11.5 Å². The molecule has 1 atom stereocenters. The second-order valence-corrected chi connectivity index (χ2v) is 4.93. The Morgan fingerprint density at radius 3 is 2.18 bits per heavy atom. The fourth-order valence-electron chi connectivity index (χ4n) is 1.03. The second kappa shape index (κ2) is 2.38. The van der Waals surface area contributed by atoms with Gasteiger partial charge in [-0.25, -0.2) is 17.2 Å². The van der Waals surface area contributed by atoms with Crippen LogP contribution in [0.3, 0.4) is 0 Å². The van der Waals surface area contributed by atoms with Gasteiger partial charge in [0.15, 0.2) is 9.84 Å². The van der Waals surface area contributed by atoms with E-state index in [0.29, 0.717) is 0 Å². The molecule has 1 rings (SSSR count). The van der Waals surface area contributed by atoms with Gasteiger partial charge in [0.25, 0.3) is 6.43 Å². The molecule has 1 N–H and O–H groups in total. The summed E-state index contributed by atoms with van der Waals surface area (Å²) in [4.78, 5) is 0. The maximum Gasteiger partial charge on any atom is 0.267 e. The molecule has 1 saturated heterocycles. The number of alkyl halides is 2. The lowest BCUT2D eigenvalue weighted by atomic mass is 10.1. The predicted octanol–water partition coefficient (Wildman–Crippen LogP) is -0.199. The Bertz CT molecular complexity index is 248. The van der Waals surface area contributed by atoms with Gasteiger partial charge in [0.1, 0.15) is 5.60 Å². The Kier molecular flexibility index (Phi) is 1.92. The van der Waals surface area contributed by atoms with Crippen LogP contribution in [0.1, 0.15) is 6.42 Å². The van der Waals surface area contributed by atoms with E-state index in [-0.39, 0.29) is 12.2 Å². The van der Waals surface area contributed by atoms with Gasteiger partial charge in [0.05, 0.1) is 11.5 Å². The molecule has 1 aliphatic rings. The van der Waals surface area contributed by atoms with E-state index in [0.717, 1.165) is 0 Å². The molecule has 1 aliphatic heterocycles. The Labute approximate surface area is 62.9 Å². The average Bonchev–Trinajstić information content (AvgIpc) is 2.08. The van der Waals surface area contributed by atoms with Crippen LogP contribution in [0.15, 0.2) is 0 Å². The summed E-state index contributed by atoms with van der Waals surface area (Å²) in [6, 6.07) is 0. The van der Waals surface area contributed by atoms with Gasteiger partial charge in [0, 0.05) is 0 Å². The highest BCUT2D eigenvalue weighted by Gasteiger charge is 2.47. The zero-order chi connectivity index (χ0) is 8.70. The first-order chi connectivity index (χ1) is 4.86. The SMILES string of the molecule is O=S1(=O)CCC(O)(C(F)F)C1. The molecule has 0 aliphatic carbocycles. The third kappa shape index (κ3) is 1.67. The monoisotopic (exact) mass is 186 g/mol. The summed E-state index contributed by atoms with van der Waals surface area (Å²) in [5.74, 6) is -1.15. The van der Waals surface area contributed by atoms with E-state index >= 15 is 0 Å². The van der Waals surface area contributed by atoms with Crippen LogP contribution in [-0.4, -0.2) is 37.1 Å². The standard InChI is InChI=1S/C5H8F2O3S/c6-4(7)5(8)1-2-11(9,10)3-5/h4,8H,1-3H2. The highest BCUT2D eigenvalue weighted by molar-refractivity contribution is 7.91. The number of hydrogen-bond donors (Lipinski definition) is 1. The smallest absolute Gasteiger partial charge is 0.267 e. The summed E-state index contributed by atoms with van der Waals surface area (Å²) in [6.07, 6.45) is -3.33. The molecule has 1 heterocycles. The molecule has 0 bridgehead atoms.